The predicted octanol–water partition coefficient (Wildman–Crippen LogP) is 2.37. The summed E-state index contributed by atoms with van der Waals surface area (Å²) < 4.78 is 0. The Hall–Kier alpha value is -1.05. The van der Waals surface area contributed by atoms with Crippen LogP contribution in [0, 0.1) is 0 Å². The molecular formula is C9H14O2. The lowest BCUT2D eigenvalue weighted by molar-refractivity contribution is -0.136. The Morgan fingerprint density at radius 1 is 1.64 bits per heavy atom. The van der Waals surface area contributed by atoms with Crippen molar-refractivity contribution < 1.29 is 9.90 Å². The first-order valence-corrected chi connectivity index (χ1v) is 3.65. The molecule has 0 fully saturated rings. The Morgan fingerprint density at radius 2 is 2.27 bits per heavy atom. The average Bonchev–Trinajstić information content (AvgIpc) is 1.97. The maximum absolute atomic E-state index is 10.1. The highest BCUT2D eigenvalue weighted by atomic mass is 16.4. The van der Waals surface area contributed by atoms with Crippen molar-refractivity contribution in [1.29, 1.82) is 0 Å². The largest absolute Gasteiger partial charge is 0.481 e. The molecule has 2 heteroatoms. The first-order chi connectivity index (χ1) is 5.16. The van der Waals surface area contributed by atoms with E-state index in [1.807, 2.05) is 13.0 Å². The Kier molecular flexibility index (Phi) is 5.17. The van der Waals surface area contributed by atoms with Crippen molar-refractivity contribution >= 4 is 5.97 Å². The van der Waals surface area contributed by atoms with Gasteiger partial charge in [0, 0.05) is 0 Å². The van der Waals surface area contributed by atoms with Gasteiger partial charge in [0.05, 0.1) is 6.42 Å². The van der Waals surface area contributed by atoms with E-state index in [0.29, 0.717) is 0 Å². The number of carboxylic acids is 1. The molecule has 0 aliphatic heterocycles. The van der Waals surface area contributed by atoms with Crippen molar-refractivity contribution in [2.75, 3.05) is 0 Å². The highest BCUT2D eigenvalue weighted by Crippen LogP contribution is 2.04. The molecule has 0 aromatic heterocycles. The normalized spacial score (nSPS) is 11.2. The topological polar surface area (TPSA) is 37.3 Å². The average molecular weight is 154 g/mol. The Bertz CT molecular complexity index is 168. The molecule has 0 aliphatic carbocycles. The molecule has 0 aromatic rings. The van der Waals surface area contributed by atoms with Crippen LogP contribution in [-0.4, -0.2) is 11.1 Å². The van der Waals surface area contributed by atoms with Gasteiger partial charge in [-0.15, -0.1) is 6.58 Å². The second-order valence-electron chi connectivity index (χ2n) is 2.48. The summed E-state index contributed by atoms with van der Waals surface area (Å²) in [7, 11) is 0. The standard InChI is InChI=1S/C9H14O2/c1-3-4-5-8(2)6-7-9(10)11/h3,6H,1,4-5,7H2,2H3,(H,10,11)/b8-6+. The lowest BCUT2D eigenvalue weighted by Crippen LogP contribution is -1.91. The summed E-state index contributed by atoms with van der Waals surface area (Å²) in [5.41, 5.74) is 1.12. The molecule has 62 valence electrons. The molecule has 0 rings (SSSR count). The highest BCUT2D eigenvalue weighted by molar-refractivity contribution is 5.68. The summed E-state index contributed by atoms with van der Waals surface area (Å²) in [5.74, 6) is -0.775. The zero-order valence-electron chi connectivity index (χ0n) is 6.84. The predicted molar refractivity (Wildman–Crippen MR) is 45.4 cm³/mol. The van der Waals surface area contributed by atoms with E-state index in [1.165, 1.54) is 0 Å². The molecule has 0 radical (unpaired) electrons. The molecule has 0 atom stereocenters. The van der Waals surface area contributed by atoms with Crippen molar-refractivity contribution in [3.05, 3.63) is 24.3 Å². The lowest BCUT2D eigenvalue weighted by Gasteiger charge is -1.95. The third-order valence-electron chi connectivity index (χ3n) is 1.37. The third kappa shape index (κ3) is 6.84. The van der Waals surface area contributed by atoms with E-state index in [4.69, 9.17) is 5.11 Å². The number of hydrogen-bond donors (Lipinski definition) is 1. The van der Waals surface area contributed by atoms with Gasteiger partial charge in [-0.3, -0.25) is 4.79 Å². The lowest BCUT2D eigenvalue weighted by atomic mass is 10.1. The number of aliphatic carboxylic acids is 1. The fraction of sp³-hybridized carbons (Fsp3) is 0.444. The summed E-state index contributed by atoms with van der Waals surface area (Å²) in [4.78, 5) is 10.1. The monoisotopic (exact) mass is 154 g/mol. The number of allylic oxidation sites excluding steroid dienone is 2. The van der Waals surface area contributed by atoms with Gasteiger partial charge in [-0.25, -0.2) is 0 Å². The second kappa shape index (κ2) is 5.71. The Morgan fingerprint density at radius 3 is 2.73 bits per heavy atom. The maximum Gasteiger partial charge on any atom is 0.307 e. The van der Waals surface area contributed by atoms with E-state index < -0.39 is 5.97 Å². The van der Waals surface area contributed by atoms with Gasteiger partial charge in [-0.1, -0.05) is 17.7 Å². The number of rotatable bonds is 5. The van der Waals surface area contributed by atoms with Crippen LogP contribution >= 0.6 is 0 Å². The number of carbonyl (C=O) groups is 1. The van der Waals surface area contributed by atoms with E-state index in [2.05, 4.69) is 6.58 Å². The van der Waals surface area contributed by atoms with Crippen LogP contribution in [0.15, 0.2) is 24.3 Å². The smallest absolute Gasteiger partial charge is 0.307 e. The number of hydrogen-bond acceptors (Lipinski definition) is 1. The van der Waals surface area contributed by atoms with Crippen LogP contribution in [0.4, 0.5) is 0 Å². The van der Waals surface area contributed by atoms with Crippen molar-refractivity contribution in [3.63, 3.8) is 0 Å². The molecule has 1 N–H and O–H groups in total. The van der Waals surface area contributed by atoms with E-state index in [9.17, 15) is 4.79 Å². The minimum absolute atomic E-state index is 0.128. The summed E-state index contributed by atoms with van der Waals surface area (Å²) in [5, 5.41) is 8.32. The molecule has 0 saturated carbocycles. The maximum atomic E-state index is 10.1. The molecule has 0 saturated heterocycles. The SMILES string of the molecule is C=CCC/C(C)=C/CC(=O)O. The van der Waals surface area contributed by atoms with Crippen LogP contribution in [0.2, 0.25) is 0 Å². The molecule has 0 amide bonds. The van der Waals surface area contributed by atoms with Gasteiger partial charge in [0.25, 0.3) is 0 Å². The highest BCUT2D eigenvalue weighted by Gasteiger charge is 1.92. The van der Waals surface area contributed by atoms with Gasteiger partial charge in [0.15, 0.2) is 0 Å². The van der Waals surface area contributed by atoms with Crippen molar-refractivity contribution in [1.82, 2.24) is 0 Å². The zero-order valence-corrected chi connectivity index (χ0v) is 6.84. The summed E-state index contributed by atoms with van der Waals surface area (Å²) in [6.45, 7) is 5.52. The molecule has 0 bridgehead atoms. The summed E-state index contributed by atoms with van der Waals surface area (Å²) in [6.07, 6.45) is 5.53. The molecule has 11 heavy (non-hydrogen) atoms. The van der Waals surface area contributed by atoms with E-state index in [-0.39, 0.29) is 6.42 Å². The summed E-state index contributed by atoms with van der Waals surface area (Å²) in [6, 6.07) is 0. The molecule has 0 heterocycles. The van der Waals surface area contributed by atoms with Gasteiger partial charge < -0.3 is 5.11 Å². The molecule has 0 spiro atoms. The summed E-state index contributed by atoms with van der Waals surface area (Å²) >= 11 is 0. The minimum atomic E-state index is -0.775. The second-order valence-corrected chi connectivity index (χ2v) is 2.48. The quantitative estimate of drug-likeness (QED) is 0.617. The van der Waals surface area contributed by atoms with E-state index >= 15 is 0 Å². The van der Waals surface area contributed by atoms with Gasteiger partial charge in [-0.2, -0.15) is 0 Å². The van der Waals surface area contributed by atoms with Crippen LogP contribution in [-0.2, 0) is 4.79 Å². The van der Waals surface area contributed by atoms with Crippen LogP contribution in [0.25, 0.3) is 0 Å². The first kappa shape index (κ1) is 9.95. The fourth-order valence-corrected chi connectivity index (χ4v) is 0.693. The Balaban J connectivity index is 3.62. The van der Waals surface area contributed by atoms with Crippen LogP contribution in [0.5, 0.6) is 0 Å². The Labute approximate surface area is 67.2 Å². The van der Waals surface area contributed by atoms with Crippen molar-refractivity contribution in [2.24, 2.45) is 0 Å². The molecular weight excluding hydrogens is 140 g/mol. The first-order valence-electron chi connectivity index (χ1n) is 3.65. The van der Waals surface area contributed by atoms with Crippen LogP contribution in [0.1, 0.15) is 26.2 Å². The number of carboxylic acid groups (broad SMARTS) is 1. The van der Waals surface area contributed by atoms with E-state index in [0.717, 1.165) is 18.4 Å². The van der Waals surface area contributed by atoms with E-state index in [1.54, 1.807) is 6.08 Å². The molecule has 0 aromatic carbocycles. The van der Waals surface area contributed by atoms with Crippen molar-refractivity contribution in [3.8, 4) is 0 Å². The minimum Gasteiger partial charge on any atom is -0.481 e. The molecule has 2 nitrogen and oxygen atoms in total. The van der Waals surface area contributed by atoms with Gasteiger partial charge in [-0.05, 0) is 19.8 Å². The molecule has 0 unspecified atom stereocenters. The molecule has 0 aliphatic rings. The third-order valence-corrected chi connectivity index (χ3v) is 1.37. The zero-order chi connectivity index (χ0) is 8.69. The fourth-order valence-electron chi connectivity index (χ4n) is 0.693. The van der Waals surface area contributed by atoms with Gasteiger partial charge >= 0.3 is 5.97 Å². The van der Waals surface area contributed by atoms with Gasteiger partial charge in [0.1, 0.15) is 0 Å². The van der Waals surface area contributed by atoms with Crippen LogP contribution < -0.4 is 0 Å². The van der Waals surface area contributed by atoms with Gasteiger partial charge in [0.2, 0.25) is 0 Å². The van der Waals surface area contributed by atoms with Crippen molar-refractivity contribution in [2.45, 2.75) is 26.2 Å². The van der Waals surface area contributed by atoms with Crippen LogP contribution in [0.3, 0.4) is 0 Å².